The third-order valence-electron chi connectivity index (χ3n) is 3.56. The number of nitrogens with zero attached hydrogens (tertiary/aromatic N) is 3. The Morgan fingerprint density at radius 3 is 2.89 bits per heavy atom. The lowest BCUT2D eigenvalue weighted by atomic mass is 10.0. The maximum Gasteiger partial charge on any atom is 0.131 e. The molecule has 3 rings (SSSR count). The Labute approximate surface area is 106 Å². The molecular formula is C14H16FN3. The Balaban J connectivity index is 2.11. The zero-order chi connectivity index (χ0) is 12.7. The van der Waals surface area contributed by atoms with Gasteiger partial charge < -0.3 is 4.90 Å². The predicted molar refractivity (Wildman–Crippen MR) is 70.2 cm³/mol. The molecule has 1 aromatic carbocycles. The fourth-order valence-corrected chi connectivity index (χ4v) is 2.58. The summed E-state index contributed by atoms with van der Waals surface area (Å²) in [4.78, 5) is 2.29. The highest BCUT2D eigenvalue weighted by molar-refractivity contribution is 5.72. The molecule has 0 bridgehead atoms. The summed E-state index contributed by atoms with van der Waals surface area (Å²) in [5, 5.41) is 4.10. The first-order valence-corrected chi connectivity index (χ1v) is 6.25. The van der Waals surface area contributed by atoms with Gasteiger partial charge in [0, 0.05) is 43.1 Å². The van der Waals surface area contributed by atoms with Crippen LogP contribution < -0.4 is 4.90 Å². The van der Waals surface area contributed by atoms with Crippen molar-refractivity contribution in [1.29, 1.82) is 0 Å². The molecule has 0 N–H and O–H groups in total. The van der Waals surface area contributed by atoms with Gasteiger partial charge in [-0.15, -0.1) is 0 Å². The predicted octanol–water partition coefficient (Wildman–Crippen LogP) is 2.61. The molecule has 1 aliphatic heterocycles. The Bertz CT molecular complexity index is 589. The molecule has 0 radical (unpaired) electrons. The number of halogens is 1. The van der Waals surface area contributed by atoms with Crippen LogP contribution in [0.4, 0.5) is 10.1 Å². The van der Waals surface area contributed by atoms with Crippen LogP contribution in [-0.2, 0) is 13.5 Å². The Morgan fingerprint density at radius 1 is 1.39 bits per heavy atom. The Kier molecular flexibility index (Phi) is 2.58. The van der Waals surface area contributed by atoms with E-state index < -0.39 is 0 Å². The summed E-state index contributed by atoms with van der Waals surface area (Å²) < 4.78 is 15.8. The molecule has 0 atom stereocenters. The van der Waals surface area contributed by atoms with Crippen molar-refractivity contribution in [3.63, 3.8) is 0 Å². The van der Waals surface area contributed by atoms with Gasteiger partial charge in [0.2, 0.25) is 0 Å². The van der Waals surface area contributed by atoms with Crippen molar-refractivity contribution in [2.75, 3.05) is 18.0 Å². The number of hydrogen-bond donors (Lipinski definition) is 0. The van der Waals surface area contributed by atoms with Crippen molar-refractivity contribution >= 4 is 5.69 Å². The van der Waals surface area contributed by atoms with Crippen molar-refractivity contribution in [1.82, 2.24) is 9.78 Å². The molecule has 0 saturated carbocycles. The molecule has 0 saturated heterocycles. The molecule has 2 aromatic rings. The van der Waals surface area contributed by atoms with E-state index in [-0.39, 0.29) is 5.82 Å². The minimum absolute atomic E-state index is 0.153. The van der Waals surface area contributed by atoms with Crippen molar-refractivity contribution < 1.29 is 4.39 Å². The number of hydrogen-bond acceptors (Lipinski definition) is 2. The molecule has 0 aliphatic carbocycles. The largest absolute Gasteiger partial charge is 0.371 e. The van der Waals surface area contributed by atoms with Crippen LogP contribution in [0, 0.1) is 5.82 Å². The lowest BCUT2D eigenvalue weighted by Crippen LogP contribution is -2.19. The summed E-state index contributed by atoms with van der Waals surface area (Å²) >= 11 is 0. The summed E-state index contributed by atoms with van der Waals surface area (Å²) in [7, 11) is 1.84. The first-order valence-electron chi connectivity index (χ1n) is 6.25. The minimum atomic E-state index is -0.153. The summed E-state index contributed by atoms with van der Waals surface area (Å²) in [5.41, 5.74) is 3.75. The van der Waals surface area contributed by atoms with Gasteiger partial charge in [0.05, 0.1) is 6.20 Å². The summed E-state index contributed by atoms with van der Waals surface area (Å²) in [6, 6.07) is 3.63. The molecule has 94 valence electrons. The molecule has 3 nitrogen and oxygen atoms in total. The standard InChI is InChI=1S/C14H16FN3/c1-3-18-5-4-10-6-13(15)12(7-14(10)18)11-8-16-17(2)9-11/h6-9H,3-5H2,1-2H3. The van der Waals surface area contributed by atoms with E-state index in [1.165, 1.54) is 0 Å². The number of benzene rings is 1. The van der Waals surface area contributed by atoms with E-state index in [9.17, 15) is 4.39 Å². The number of likely N-dealkylation sites (N-methyl/N-ethyl adjacent to an activating group) is 1. The number of anilines is 1. The molecule has 0 spiro atoms. The van der Waals surface area contributed by atoms with Crippen LogP contribution in [0.15, 0.2) is 24.5 Å². The molecule has 0 unspecified atom stereocenters. The number of rotatable bonds is 2. The van der Waals surface area contributed by atoms with Gasteiger partial charge in [0.15, 0.2) is 0 Å². The summed E-state index contributed by atoms with van der Waals surface area (Å²) in [6.07, 6.45) is 4.49. The van der Waals surface area contributed by atoms with Gasteiger partial charge in [0.1, 0.15) is 5.82 Å². The molecule has 18 heavy (non-hydrogen) atoms. The second-order valence-electron chi connectivity index (χ2n) is 4.69. The number of fused-ring (bicyclic) bond motifs is 1. The van der Waals surface area contributed by atoms with Crippen LogP contribution in [0.3, 0.4) is 0 Å². The van der Waals surface area contributed by atoms with E-state index in [1.54, 1.807) is 16.9 Å². The molecule has 1 aromatic heterocycles. The van der Waals surface area contributed by atoms with Gasteiger partial charge in [-0.05, 0) is 31.0 Å². The maximum atomic E-state index is 14.1. The Hall–Kier alpha value is -1.84. The Morgan fingerprint density at radius 2 is 2.22 bits per heavy atom. The van der Waals surface area contributed by atoms with Gasteiger partial charge >= 0.3 is 0 Å². The maximum absolute atomic E-state index is 14.1. The van der Waals surface area contributed by atoms with Crippen LogP contribution >= 0.6 is 0 Å². The second-order valence-corrected chi connectivity index (χ2v) is 4.69. The van der Waals surface area contributed by atoms with Crippen LogP contribution in [0.5, 0.6) is 0 Å². The van der Waals surface area contributed by atoms with Crippen molar-refractivity contribution in [2.45, 2.75) is 13.3 Å². The van der Waals surface area contributed by atoms with Gasteiger partial charge in [-0.25, -0.2) is 4.39 Å². The highest BCUT2D eigenvalue weighted by Gasteiger charge is 2.21. The van der Waals surface area contributed by atoms with E-state index in [1.807, 2.05) is 19.3 Å². The normalized spacial score (nSPS) is 14.1. The van der Waals surface area contributed by atoms with E-state index in [4.69, 9.17) is 0 Å². The lowest BCUT2D eigenvalue weighted by molar-refractivity contribution is 0.630. The third kappa shape index (κ3) is 1.68. The topological polar surface area (TPSA) is 21.1 Å². The zero-order valence-corrected chi connectivity index (χ0v) is 10.7. The van der Waals surface area contributed by atoms with Crippen LogP contribution in [-0.4, -0.2) is 22.9 Å². The first-order chi connectivity index (χ1) is 8.69. The van der Waals surface area contributed by atoms with E-state index in [0.29, 0.717) is 5.56 Å². The SMILES string of the molecule is CCN1CCc2cc(F)c(-c3cnn(C)c3)cc21. The van der Waals surface area contributed by atoms with Gasteiger partial charge in [0.25, 0.3) is 0 Å². The van der Waals surface area contributed by atoms with E-state index in [2.05, 4.69) is 16.9 Å². The van der Waals surface area contributed by atoms with Crippen molar-refractivity contribution in [2.24, 2.45) is 7.05 Å². The fourth-order valence-electron chi connectivity index (χ4n) is 2.58. The first kappa shape index (κ1) is 11.3. The van der Waals surface area contributed by atoms with Gasteiger partial charge in [-0.2, -0.15) is 5.10 Å². The van der Waals surface area contributed by atoms with Crippen LogP contribution in [0.2, 0.25) is 0 Å². The summed E-state index contributed by atoms with van der Waals surface area (Å²) in [6.45, 7) is 4.08. The highest BCUT2D eigenvalue weighted by Crippen LogP contribution is 2.34. The monoisotopic (exact) mass is 245 g/mol. The minimum Gasteiger partial charge on any atom is -0.371 e. The van der Waals surface area contributed by atoms with E-state index in [0.717, 1.165) is 36.3 Å². The second kappa shape index (κ2) is 4.12. The quantitative estimate of drug-likeness (QED) is 0.811. The average molecular weight is 245 g/mol. The molecule has 0 fully saturated rings. The van der Waals surface area contributed by atoms with Gasteiger partial charge in [-0.3, -0.25) is 4.68 Å². The fraction of sp³-hybridized carbons (Fsp3) is 0.357. The molecular weight excluding hydrogens is 229 g/mol. The number of aryl methyl sites for hydroxylation is 1. The van der Waals surface area contributed by atoms with E-state index >= 15 is 0 Å². The zero-order valence-electron chi connectivity index (χ0n) is 10.7. The molecule has 1 aliphatic rings. The van der Waals surface area contributed by atoms with Gasteiger partial charge in [-0.1, -0.05) is 0 Å². The van der Waals surface area contributed by atoms with Crippen LogP contribution in [0.1, 0.15) is 12.5 Å². The van der Waals surface area contributed by atoms with Crippen molar-refractivity contribution in [3.8, 4) is 11.1 Å². The van der Waals surface area contributed by atoms with Crippen LogP contribution in [0.25, 0.3) is 11.1 Å². The molecule has 4 heteroatoms. The molecule has 2 heterocycles. The smallest absolute Gasteiger partial charge is 0.131 e. The number of aromatic nitrogens is 2. The highest BCUT2D eigenvalue weighted by atomic mass is 19.1. The lowest BCUT2D eigenvalue weighted by Gasteiger charge is -2.17. The average Bonchev–Trinajstić information content (AvgIpc) is 2.93. The third-order valence-corrected chi connectivity index (χ3v) is 3.56. The summed E-state index contributed by atoms with van der Waals surface area (Å²) in [5.74, 6) is -0.153. The van der Waals surface area contributed by atoms with Crippen molar-refractivity contribution in [3.05, 3.63) is 35.9 Å². The molecule has 0 amide bonds.